The monoisotopic (exact) mass is 438 g/mol. The SMILES string of the molecule is COc1ccc(OCCN2Cc3c(noc3-c3cc(C(C)C)c(O)cc3O)CC2=O)cc1. The standard InChI is InChI=1S/C24H26N2O6/c1-14(2)17-10-18(22(28)12-21(17)27)24-19-13-26(23(29)11-20(19)25-32-24)8-9-31-16-6-4-15(30-3)5-7-16/h4-7,10,12,14,27-28H,8-9,11,13H2,1-3H3. The van der Waals surface area contributed by atoms with Gasteiger partial charge < -0.3 is 29.1 Å². The van der Waals surface area contributed by atoms with Crippen molar-refractivity contribution in [1.82, 2.24) is 10.1 Å². The number of aromatic nitrogens is 1. The Morgan fingerprint density at radius 2 is 1.84 bits per heavy atom. The lowest BCUT2D eigenvalue weighted by Gasteiger charge is -2.26. The van der Waals surface area contributed by atoms with E-state index in [4.69, 9.17) is 14.0 Å². The van der Waals surface area contributed by atoms with Crippen LogP contribution in [0.5, 0.6) is 23.0 Å². The number of hydrogen-bond acceptors (Lipinski definition) is 7. The van der Waals surface area contributed by atoms with E-state index in [1.54, 1.807) is 18.1 Å². The van der Waals surface area contributed by atoms with Crippen LogP contribution in [0.25, 0.3) is 11.3 Å². The second-order valence-electron chi connectivity index (χ2n) is 8.04. The summed E-state index contributed by atoms with van der Waals surface area (Å²) in [6.07, 6.45) is 0.122. The number of nitrogens with zero attached hydrogens (tertiary/aromatic N) is 2. The van der Waals surface area contributed by atoms with Gasteiger partial charge in [0, 0.05) is 11.6 Å². The van der Waals surface area contributed by atoms with Crippen molar-refractivity contribution in [2.45, 2.75) is 32.7 Å². The fraction of sp³-hybridized carbons (Fsp3) is 0.333. The maximum absolute atomic E-state index is 12.6. The first kappa shape index (κ1) is 21.5. The highest BCUT2D eigenvalue weighted by atomic mass is 16.5. The predicted molar refractivity (Wildman–Crippen MR) is 117 cm³/mol. The van der Waals surface area contributed by atoms with E-state index in [9.17, 15) is 15.0 Å². The van der Waals surface area contributed by atoms with Crippen LogP contribution in [0.2, 0.25) is 0 Å². The molecule has 3 aromatic rings. The minimum atomic E-state index is -0.0999. The van der Waals surface area contributed by atoms with E-state index >= 15 is 0 Å². The fourth-order valence-corrected chi connectivity index (χ4v) is 3.78. The second-order valence-corrected chi connectivity index (χ2v) is 8.04. The molecule has 2 heterocycles. The minimum Gasteiger partial charge on any atom is -0.508 e. The number of amides is 1. The van der Waals surface area contributed by atoms with Gasteiger partial charge in [-0.15, -0.1) is 0 Å². The molecule has 2 aromatic carbocycles. The Morgan fingerprint density at radius 1 is 1.12 bits per heavy atom. The molecule has 0 spiro atoms. The number of hydrogen-bond donors (Lipinski definition) is 2. The molecule has 0 radical (unpaired) electrons. The van der Waals surface area contributed by atoms with E-state index in [-0.39, 0.29) is 29.7 Å². The zero-order valence-corrected chi connectivity index (χ0v) is 18.3. The molecular formula is C24H26N2O6. The van der Waals surface area contributed by atoms with Crippen LogP contribution in [-0.4, -0.2) is 46.4 Å². The van der Waals surface area contributed by atoms with Crippen LogP contribution in [0, 0.1) is 0 Å². The highest BCUT2D eigenvalue weighted by Crippen LogP contribution is 2.40. The van der Waals surface area contributed by atoms with Crippen molar-refractivity contribution < 1.29 is 29.0 Å². The first-order valence-electron chi connectivity index (χ1n) is 10.5. The smallest absolute Gasteiger partial charge is 0.229 e. The lowest BCUT2D eigenvalue weighted by molar-refractivity contribution is -0.132. The quantitative estimate of drug-likeness (QED) is 0.577. The maximum atomic E-state index is 12.6. The first-order valence-corrected chi connectivity index (χ1v) is 10.5. The number of benzene rings is 2. The molecule has 1 amide bonds. The van der Waals surface area contributed by atoms with Crippen LogP contribution in [0.3, 0.4) is 0 Å². The summed E-state index contributed by atoms with van der Waals surface area (Å²) >= 11 is 0. The summed E-state index contributed by atoms with van der Waals surface area (Å²) in [5, 5.41) is 24.6. The number of rotatable bonds is 7. The van der Waals surface area contributed by atoms with Crippen LogP contribution in [-0.2, 0) is 17.8 Å². The number of phenolic OH excluding ortho intramolecular Hbond substituents is 2. The predicted octanol–water partition coefficient (Wildman–Crippen LogP) is 3.85. The Bertz CT molecular complexity index is 1120. The van der Waals surface area contributed by atoms with Crippen LogP contribution in [0.4, 0.5) is 0 Å². The molecule has 8 heteroatoms. The van der Waals surface area contributed by atoms with Gasteiger partial charge in [0.25, 0.3) is 0 Å². The summed E-state index contributed by atoms with van der Waals surface area (Å²) in [6.45, 7) is 4.93. The molecule has 0 saturated heterocycles. The van der Waals surface area contributed by atoms with Gasteiger partial charge in [-0.3, -0.25) is 4.79 Å². The lowest BCUT2D eigenvalue weighted by atomic mass is 9.95. The summed E-state index contributed by atoms with van der Waals surface area (Å²) in [5.41, 5.74) is 2.46. The molecule has 1 aromatic heterocycles. The van der Waals surface area contributed by atoms with Gasteiger partial charge in [-0.1, -0.05) is 19.0 Å². The number of carbonyl (C=O) groups excluding carboxylic acids is 1. The van der Waals surface area contributed by atoms with Crippen LogP contribution >= 0.6 is 0 Å². The van der Waals surface area contributed by atoms with Gasteiger partial charge in [0.15, 0.2) is 5.76 Å². The minimum absolute atomic E-state index is 0.0297. The van der Waals surface area contributed by atoms with Crippen LogP contribution in [0.15, 0.2) is 40.9 Å². The number of methoxy groups -OCH3 is 1. The molecule has 1 aliphatic rings. The summed E-state index contributed by atoms with van der Waals surface area (Å²) in [6, 6.07) is 10.3. The van der Waals surface area contributed by atoms with Crippen molar-refractivity contribution in [3.05, 3.63) is 53.2 Å². The van der Waals surface area contributed by atoms with Gasteiger partial charge in [-0.2, -0.15) is 0 Å². The Balaban J connectivity index is 1.51. The van der Waals surface area contributed by atoms with Gasteiger partial charge in [-0.05, 0) is 41.8 Å². The molecule has 1 aliphatic heterocycles. The average Bonchev–Trinajstić information content (AvgIpc) is 3.16. The van der Waals surface area contributed by atoms with Crippen LogP contribution in [0.1, 0.15) is 36.6 Å². The third kappa shape index (κ3) is 4.21. The summed E-state index contributed by atoms with van der Waals surface area (Å²) < 4.78 is 16.4. The Kier molecular flexibility index (Phi) is 5.94. The Labute approximate surface area is 186 Å². The summed E-state index contributed by atoms with van der Waals surface area (Å²) in [5.74, 6) is 1.77. The molecule has 4 rings (SSSR count). The normalized spacial score (nSPS) is 13.4. The van der Waals surface area contributed by atoms with E-state index in [1.165, 1.54) is 6.07 Å². The van der Waals surface area contributed by atoms with Gasteiger partial charge >= 0.3 is 0 Å². The zero-order valence-electron chi connectivity index (χ0n) is 18.3. The van der Waals surface area contributed by atoms with E-state index in [0.29, 0.717) is 48.0 Å². The average molecular weight is 438 g/mol. The van der Waals surface area contributed by atoms with Gasteiger partial charge in [0.2, 0.25) is 5.91 Å². The molecule has 0 aliphatic carbocycles. The zero-order chi connectivity index (χ0) is 22.8. The molecule has 8 nitrogen and oxygen atoms in total. The highest BCUT2D eigenvalue weighted by Gasteiger charge is 2.31. The lowest BCUT2D eigenvalue weighted by Crippen LogP contribution is -2.38. The molecule has 0 unspecified atom stereocenters. The molecule has 32 heavy (non-hydrogen) atoms. The van der Waals surface area contributed by atoms with Crippen molar-refractivity contribution >= 4 is 5.91 Å². The molecule has 0 saturated carbocycles. The van der Waals surface area contributed by atoms with Gasteiger partial charge in [0.05, 0.1) is 37.9 Å². The van der Waals surface area contributed by atoms with Crippen molar-refractivity contribution in [3.8, 4) is 34.3 Å². The van der Waals surface area contributed by atoms with Crippen molar-refractivity contribution in [2.24, 2.45) is 0 Å². The van der Waals surface area contributed by atoms with Crippen LogP contribution < -0.4 is 9.47 Å². The summed E-state index contributed by atoms with van der Waals surface area (Å²) in [7, 11) is 1.60. The molecule has 168 valence electrons. The molecule has 0 bridgehead atoms. The molecule has 2 N–H and O–H groups in total. The molecule has 0 fully saturated rings. The highest BCUT2D eigenvalue weighted by molar-refractivity contribution is 5.82. The second kappa shape index (κ2) is 8.82. The largest absolute Gasteiger partial charge is 0.508 e. The van der Waals surface area contributed by atoms with E-state index in [1.807, 2.05) is 38.1 Å². The third-order valence-electron chi connectivity index (χ3n) is 5.59. The van der Waals surface area contributed by atoms with E-state index in [2.05, 4.69) is 5.16 Å². The number of fused-ring (bicyclic) bond motifs is 1. The Morgan fingerprint density at radius 3 is 2.53 bits per heavy atom. The number of phenols is 2. The van der Waals surface area contributed by atoms with E-state index < -0.39 is 0 Å². The van der Waals surface area contributed by atoms with Crippen molar-refractivity contribution in [1.29, 1.82) is 0 Å². The first-order chi connectivity index (χ1) is 15.4. The van der Waals surface area contributed by atoms with Crippen molar-refractivity contribution in [3.63, 3.8) is 0 Å². The molecular weight excluding hydrogens is 412 g/mol. The van der Waals surface area contributed by atoms with Crippen molar-refractivity contribution in [2.75, 3.05) is 20.3 Å². The van der Waals surface area contributed by atoms with E-state index in [0.717, 1.165) is 11.3 Å². The van der Waals surface area contributed by atoms with Gasteiger partial charge in [-0.25, -0.2) is 0 Å². The maximum Gasteiger partial charge on any atom is 0.229 e. The summed E-state index contributed by atoms with van der Waals surface area (Å²) in [4.78, 5) is 14.3. The van der Waals surface area contributed by atoms with Gasteiger partial charge in [0.1, 0.15) is 29.6 Å². The number of carbonyl (C=O) groups is 1. The number of ether oxygens (including phenoxy) is 2. The number of aromatic hydroxyl groups is 2. The Hall–Kier alpha value is -3.68. The molecule has 0 atom stereocenters. The third-order valence-corrected chi connectivity index (χ3v) is 5.59. The fourth-order valence-electron chi connectivity index (χ4n) is 3.78. The topological polar surface area (TPSA) is 105 Å².